The fourth-order valence-corrected chi connectivity index (χ4v) is 2.83. The molecule has 5 nitrogen and oxygen atoms in total. The van der Waals surface area contributed by atoms with Crippen molar-refractivity contribution in [3.8, 4) is 11.3 Å². The molecule has 1 N–H and O–H groups in total. The summed E-state index contributed by atoms with van der Waals surface area (Å²) in [7, 11) is 0. The van der Waals surface area contributed by atoms with Gasteiger partial charge in [-0.25, -0.2) is 4.79 Å². The van der Waals surface area contributed by atoms with Crippen LogP contribution in [0.2, 0.25) is 0 Å². The molecule has 2 aromatic carbocycles. The van der Waals surface area contributed by atoms with Gasteiger partial charge in [0.1, 0.15) is 6.61 Å². The Hall–Kier alpha value is -2.60. The fraction of sp³-hybridized carbons (Fsp3) is 0.200. The Morgan fingerprint density at radius 3 is 2.58 bits per heavy atom. The van der Waals surface area contributed by atoms with Gasteiger partial charge in [0.2, 0.25) is 0 Å². The zero-order valence-corrected chi connectivity index (χ0v) is 16.1. The fourth-order valence-electron chi connectivity index (χ4n) is 2.57. The Morgan fingerprint density at radius 1 is 1.19 bits per heavy atom. The maximum absolute atomic E-state index is 12.1. The summed E-state index contributed by atoms with van der Waals surface area (Å²) >= 11 is 3.41. The number of aromatic nitrogens is 1. The number of hydrogen-bond acceptors (Lipinski definition) is 4. The molecular weight excluding hydrogens is 396 g/mol. The number of ether oxygens (including phenoxy) is 1. The second-order valence-corrected chi connectivity index (χ2v) is 6.85. The van der Waals surface area contributed by atoms with Gasteiger partial charge >= 0.3 is 6.09 Å². The van der Waals surface area contributed by atoms with Crippen LogP contribution in [0.4, 0.5) is 4.79 Å². The molecule has 1 amide bonds. The van der Waals surface area contributed by atoms with E-state index in [2.05, 4.69) is 26.4 Å². The van der Waals surface area contributed by atoms with Crippen LogP contribution in [0.15, 0.2) is 63.6 Å². The third-order valence-electron chi connectivity index (χ3n) is 4.07. The number of amides is 1. The molecule has 0 saturated carbocycles. The zero-order valence-electron chi connectivity index (χ0n) is 14.5. The Morgan fingerprint density at radius 2 is 1.88 bits per heavy atom. The van der Waals surface area contributed by atoms with Gasteiger partial charge in [0, 0.05) is 10.0 Å². The minimum absolute atomic E-state index is 0.0913. The number of aryl methyl sites for hydroxylation is 1. The molecule has 26 heavy (non-hydrogen) atoms. The predicted molar refractivity (Wildman–Crippen MR) is 103 cm³/mol. The van der Waals surface area contributed by atoms with Crippen molar-refractivity contribution in [2.45, 2.75) is 26.5 Å². The quantitative estimate of drug-likeness (QED) is 0.606. The first-order valence-electron chi connectivity index (χ1n) is 8.24. The number of rotatable bonds is 5. The van der Waals surface area contributed by atoms with Gasteiger partial charge in [-0.2, -0.15) is 0 Å². The minimum Gasteiger partial charge on any atom is -0.444 e. The molecule has 0 fully saturated rings. The van der Waals surface area contributed by atoms with Crippen molar-refractivity contribution < 1.29 is 14.1 Å². The van der Waals surface area contributed by atoms with Crippen LogP contribution in [-0.2, 0) is 11.3 Å². The molecule has 134 valence electrons. The molecule has 3 rings (SSSR count). The third-order valence-corrected chi connectivity index (χ3v) is 4.60. The largest absolute Gasteiger partial charge is 0.444 e. The first-order chi connectivity index (χ1) is 12.5. The lowest BCUT2D eigenvalue weighted by atomic mass is 10.1. The zero-order chi connectivity index (χ0) is 18.5. The number of carbonyl (C=O) groups is 1. The Balaban J connectivity index is 1.65. The summed E-state index contributed by atoms with van der Waals surface area (Å²) in [5.74, 6) is 0.610. The number of nitrogens with zero attached hydrogens (tertiary/aromatic N) is 1. The van der Waals surface area contributed by atoms with E-state index in [4.69, 9.17) is 9.26 Å². The summed E-state index contributed by atoms with van der Waals surface area (Å²) < 4.78 is 11.8. The molecule has 0 radical (unpaired) electrons. The van der Waals surface area contributed by atoms with Gasteiger partial charge in [-0.15, -0.1) is 0 Å². The van der Waals surface area contributed by atoms with E-state index in [1.54, 1.807) is 0 Å². The second-order valence-electron chi connectivity index (χ2n) is 5.94. The van der Waals surface area contributed by atoms with Crippen molar-refractivity contribution >= 4 is 22.0 Å². The van der Waals surface area contributed by atoms with Crippen molar-refractivity contribution in [1.29, 1.82) is 0 Å². The molecule has 0 bridgehead atoms. The Labute approximate surface area is 160 Å². The molecule has 1 atom stereocenters. The number of nitrogens with one attached hydrogen (secondary N) is 1. The average molecular weight is 415 g/mol. The van der Waals surface area contributed by atoms with E-state index in [9.17, 15) is 4.79 Å². The highest BCUT2D eigenvalue weighted by molar-refractivity contribution is 9.10. The van der Waals surface area contributed by atoms with Crippen LogP contribution >= 0.6 is 15.9 Å². The van der Waals surface area contributed by atoms with Crippen LogP contribution < -0.4 is 5.32 Å². The number of hydrogen-bond donors (Lipinski definition) is 1. The van der Waals surface area contributed by atoms with Gasteiger partial charge in [-0.3, -0.25) is 0 Å². The maximum atomic E-state index is 12.1. The van der Waals surface area contributed by atoms with Crippen LogP contribution in [0, 0.1) is 6.92 Å². The van der Waals surface area contributed by atoms with E-state index in [0.717, 1.165) is 21.2 Å². The first-order valence-corrected chi connectivity index (χ1v) is 9.03. The van der Waals surface area contributed by atoms with E-state index >= 15 is 0 Å². The Kier molecular flexibility index (Phi) is 5.73. The minimum atomic E-state index is -0.483. The average Bonchev–Trinajstić information content (AvgIpc) is 3.02. The van der Waals surface area contributed by atoms with Gasteiger partial charge in [0.15, 0.2) is 5.76 Å². The maximum Gasteiger partial charge on any atom is 0.407 e. The second kappa shape index (κ2) is 8.19. The highest BCUT2D eigenvalue weighted by Gasteiger charge is 2.17. The monoisotopic (exact) mass is 414 g/mol. The normalized spacial score (nSPS) is 11.8. The van der Waals surface area contributed by atoms with Crippen molar-refractivity contribution in [2.75, 3.05) is 0 Å². The van der Waals surface area contributed by atoms with E-state index in [1.807, 2.05) is 68.4 Å². The molecular formula is C20H19BrN2O3. The van der Waals surface area contributed by atoms with Crippen molar-refractivity contribution in [3.63, 3.8) is 0 Å². The van der Waals surface area contributed by atoms with Gasteiger partial charge in [0.25, 0.3) is 0 Å². The van der Waals surface area contributed by atoms with Crippen LogP contribution in [0.25, 0.3) is 11.3 Å². The standard InChI is InChI=1S/C20H19BrN2O3/c1-13(15-6-4-3-5-7-15)22-20(24)25-12-18-14(2)23-26-19(18)16-8-10-17(21)11-9-16/h3-11,13H,12H2,1-2H3,(H,22,24). The van der Waals surface area contributed by atoms with Crippen molar-refractivity contribution in [2.24, 2.45) is 0 Å². The van der Waals surface area contributed by atoms with Crippen LogP contribution in [0.1, 0.15) is 29.8 Å². The highest BCUT2D eigenvalue weighted by atomic mass is 79.9. The van der Waals surface area contributed by atoms with E-state index in [1.165, 1.54) is 0 Å². The topological polar surface area (TPSA) is 64.4 Å². The summed E-state index contributed by atoms with van der Waals surface area (Å²) in [4.78, 5) is 12.1. The molecule has 1 unspecified atom stereocenters. The summed E-state index contributed by atoms with van der Waals surface area (Å²) in [6.07, 6.45) is -0.483. The highest BCUT2D eigenvalue weighted by Crippen LogP contribution is 2.28. The first kappa shape index (κ1) is 18.2. The van der Waals surface area contributed by atoms with Crippen molar-refractivity contribution in [1.82, 2.24) is 10.5 Å². The van der Waals surface area contributed by atoms with Crippen LogP contribution in [-0.4, -0.2) is 11.2 Å². The number of alkyl carbamates (subject to hydrolysis) is 1. The van der Waals surface area contributed by atoms with Crippen LogP contribution in [0.5, 0.6) is 0 Å². The Bertz CT molecular complexity index is 876. The SMILES string of the molecule is Cc1noc(-c2ccc(Br)cc2)c1COC(=O)NC(C)c1ccccc1. The third kappa shape index (κ3) is 4.32. The molecule has 0 aliphatic heterocycles. The smallest absolute Gasteiger partial charge is 0.407 e. The number of benzene rings is 2. The number of carbonyl (C=O) groups excluding carboxylic acids is 1. The van der Waals surface area contributed by atoms with Gasteiger partial charge < -0.3 is 14.6 Å². The van der Waals surface area contributed by atoms with Crippen molar-refractivity contribution in [3.05, 3.63) is 75.9 Å². The lowest BCUT2D eigenvalue weighted by Crippen LogP contribution is -2.27. The molecule has 6 heteroatoms. The van der Waals surface area contributed by atoms with E-state index < -0.39 is 6.09 Å². The van der Waals surface area contributed by atoms with E-state index in [0.29, 0.717) is 11.5 Å². The molecule has 1 heterocycles. The lowest BCUT2D eigenvalue weighted by molar-refractivity contribution is 0.136. The molecule has 1 aromatic heterocycles. The molecule has 0 spiro atoms. The molecule has 3 aromatic rings. The summed E-state index contributed by atoms with van der Waals surface area (Å²) in [6.45, 7) is 3.83. The van der Waals surface area contributed by atoms with E-state index in [-0.39, 0.29) is 12.6 Å². The predicted octanol–water partition coefficient (Wildman–Crippen LogP) is 5.40. The summed E-state index contributed by atoms with van der Waals surface area (Å²) in [5.41, 5.74) is 3.35. The van der Waals surface area contributed by atoms with Crippen LogP contribution in [0.3, 0.4) is 0 Å². The summed E-state index contributed by atoms with van der Waals surface area (Å²) in [5, 5.41) is 6.83. The molecule has 0 saturated heterocycles. The summed E-state index contributed by atoms with van der Waals surface area (Å²) in [6, 6.07) is 17.3. The molecule has 0 aliphatic rings. The number of halogens is 1. The van der Waals surface area contributed by atoms with Gasteiger partial charge in [-0.1, -0.05) is 63.6 Å². The molecule has 0 aliphatic carbocycles. The van der Waals surface area contributed by atoms with Gasteiger partial charge in [-0.05, 0) is 31.5 Å². The lowest BCUT2D eigenvalue weighted by Gasteiger charge is -2.14. The van der Waals surface area contributed by atoms with Gasteiger partial charge in [0.05, 0.1) is 17.3 Å².